The number of rotatable bonds is 0. The van der Waals surface area contributed by atoms with Crippen LogP contribution in [0, 0.1) is 0 Å². The molecule has 2 heterocycles. The number of hydrazine groups is 1. The van der Waals surface area contributed by atoms with E-state index in [9.17, 15) is 0 Å². The number of nitrogens with one attached hydrogen (secondary N) is 3. The van der Waals surface area contributed by atoms with E-state index >= 15 is 0 Å². The van der Waals surface area contributed by atoms with Gasteiger partial charge in [-0.25, -0.2) is 5.43 Å². The van der Waals surface area contributed by atoms with Crippen LogP contribution in [0.25, 0.3) is 0 Å². The SMILES string of the molecule is C1CCc2c([nH]c3c2CCNN3)C1. The third kappa shape index (κ3) is 1.07. The summed E-state index contributed by atoms with van der Waals surface area (Å²) >= 11 is 0. The number of fused-ring (bicyclic) bond motifs is 3. The van der Waals surface area contributed by atoms with Crippen LogP contribution < -0.4 is 10.9 Å². The summed E-state index contributed by atoms with van der Waals surface area (Å²) in [5.74, 6) is 1.22. The molecule has 0 spiro atoms. The molecule has 3 rings (SSSR count). The van der Waals surface area contributed by atoms with E-state index in [2.05, 4.69) is 15.8 Å². The highest BCUT2D eigenvalue weighted by molar-refractivity contribution is 5.54. The molecule has 0 unspecified atom stereocenters. The van der Waals surface area contributed by atoms with Gasteiger partial charge in [0.25, 0.3) is 0 Å². The van der Waals surface area contributed by atoms with Crippen LogP contribution >= 0.6 is 0 Å². The Morgan fingerprint density at radius 2 is 1.85 bits per heavy atom. The summed E-state index contributed by atoms with van der Waals surface area (Å²) in [5.41, 5.74) is 11.0. The number of aryl methyl sites for hydroxylation is 1. The molecule has 1 aromatic heterocycles. The van der Waals surface area contributed by atoms with Gasteiger partial charge >= 0.3 is 0 Å². The second-order valence-corrected chi connectivity index (χ2v) is 3.94. The van der Waals surface area contributed by atoms with Crippen LogP contribution in [-0.2, 0) is 19.3 Å². The van der Waals surface area contributed by atoms with Gasteiger partial charge in [0.05, 0.1) is 0 Å². The quantitative estimate of drug-likeness (QED) is 0.560. The minimum absolute atomic E-state index is 1.05. The zero-order chi connectivity index (χ0) is 8.67. The van der Waals surface area contributed by atoms with Gasteiger partial charge < -0.3 is 10.4 Å². The smallest absolute Gasteiger partial charge is 0.121 e. The van der Waals surface area contributed by atoms with Crippen molar-refractivity contribution in [1.82, 2.24) is 10.4 Å². The highest BCUT2D eigenvalue weighted by Crippen LogP contribution is 2.30. The molecule has 0 amide bonds. The summed E-state index contributed by atoms with van der Waals surface area (Å²) in [6.45, 7) is 1.05. The second kappa shape index (κ2) is 2.77. The summed E-state index contributed by atoms with van der Waals surface area (Å²) in [7, 11) is 0. The maximum Gasteiger partial charge on any atom is 0.121 e. The van der Waals surface area contributed by atoms with E-state index in [0.717, 1.165) is 6.54 Å². The monoisotopic (exact) mass is 177 g/mol. The molecule has 1 aromatic rings. The molecule has 3 N–H and O–H groups in total. The predicted molar refractivity (Wildman–Crippen MR) is 52.8 cm³/mol. The van der Waals surface area contributed by atoms with Crippen LogP contribution in [0.1, 0.15) is 29.7 Å². The molecule has 13 heavy (non-hydrogen) atoms. The molecule has 0 aromatic carbocycles. The summed E-state index contributed by atoms with van der Waals surface area (Å²) in [6.07, 6.45) is 6.41. The molecule has 1 aliphatic carbocycles. The lowest BCUT2D eigenvalue weighted by atomic mass is 9.93. The highest BCUT2D eigenvalue weighted by Gasteiger charge is 2.21. The first kappa shape index (κ1) is 7.44. The molecule has 0 atom stereocenters. The molecular formula is C10H15N3. The Labute approximate surface area is 77.9 Å². The van der Waals surface area contributed by atoms with Crippen molar-refractivity contribution in [2.45, 2.75) is 32.1 Å². The van der Waals surface area contributed by atoms with Gasteiger partial charge in [-0.15, -0.1) is 0 Å². The predicted octanol–water partition coefficient (Wildman–Crippen LogP) is 1.37. The molecule has 0 bridgehead atoms. The maximum atomic E-state index is 3.48. The Morgan fingerprint density at radius 3 is 2.85 bits per heavy atom. The van der Waals surface area contributed by atoms with E-state index in [4.69, 9.17) is 0 Å². The summed E-state index contributed by atoms with van der Waals surface area (Å²) in [4.78, 5) is 3.48. The second-order valence-electron chi connectivity index (χ2n) is 3.94. The van der Waals surface area contributed by atoms with Crippen LogP contribution in [0.15, 0.2) is 0 Å². The van der Waals surface area contributed by atoms with Crippen LogP contribution in [0.5, 0.6) is 0 Å². The number of hydrogen-bond acceptors (Lipinski definition) is 2. The number of anilines is 1. The lowest BCUT2D eigenvalue weighted by Gasteiger charge is -2.16. The van der Waals surface area contributed by atoms with Crippen molar-refractivity contribution in [1.29, 1.82) is 0 Å². The largest absolute Gasteiger partial charge is 0.344 e. The van der Waals surface area contributed by atoms with Crippen LogP contribution in [0.4, 0.5) is 5.82 Å². The third-order valence-corrected chi connectivity index (χ3v) is 3.12. The fourth-order valence-corrected chi connectivity index (χ4v) is 2.47. The van der Waals surface area contributed by atoms with Gasteiger partial charge in [-0.2, -0.15) is 0 Å². The van der Waals surface area contributed by atoms with Gasteiger partial charge in [0.15, 0.2) is 0 Å². The van der Waals surface area contributed by atoms with Crippen molar-refractivity contribution in [3.05, 3.63) is 16.8 Å². The van der Waals surface area contributed by atoms with E-state index in [1.807, 2.05) is 0 Å². The van der Waals surface area contributed by atoms with Crippen LogP contribution in [0.2, 0.25) is 0 Å². The van der Waals surface area contributed by atoms with Gasteiger partial charge in [0, 0.05) is 17.8 Å². The summed E-state index contributed by atoms with van der Waals surface area (Å²) in [5, 5.41) is 0. The van der Waals surface area contributed by atoms with Gasteiger partial charge in [-0.3, -0.25) is 0 Å². The Morgan fingerprint density at radius 1 is 0.923 bits per heavy atom. The number of aromatic amines is 1. The lowest BCUT2D eigenvalue weighted by Crippen LogP contribution is -2.29. The molecule has 70 valence electrons. The first-order valence-electron chi connectivity index (χ1n) is 5.16. The molecule has 3 heteroatoms. The average Bonchev–Trinajstić information content (AvgIpc) is 2.56. The van der Waals surface area contributed by atoms with Crippen LogP contribution in [0.3, 0.4) is 0 Å². The first-order chi connectivity index (χ1) is 6.45. The van der Waals surface area contributed by atoms with Crippen molar-refractivity contribution >= 4 is 5.82 Å². The zero-order valence-electron chi connectivity index (χ0n) is 7.74. The standard InChI is InChI=1S/C10H15N3/c1-2-4-9-7(3-1)8-5-6-11-13-10(8)12-9/h11-13H,1-6H2. The number of H-pyrrole nitrogens is 1. The molecule has 3 nitrogen and oxygen atoms in total. The Balaban J connectivity index is 2.09. The van der Waals surface area contributed by atoms with Crippen molar-refractivity contribution in [3.8, 4) is 0 Å². The summed E-state index contributed by atoms with van der Waals surface area (Å²) in [6, 6.07) is 0. The summed E-state index contributed by atoms with van der Waals surface area (Å²) < 4.78 is 0. The van der Waals surface area contributed by atoms with E-state index < -0.39 is 0 Å². The van der Waals surface area contributed by atoms with Crippen molar-refractivity contribution in [2.24, 2.45) is 0 Å². The van der Waals surface area contributed by atoms with Gasteiger partial charge in [-0.1, -0.05) is 0 Å². The molecule has 0 saturated heterocycles. The van der Waals surface area contributed by atoms with E-state index in [1.54, 1.807) is 5.56 Å². The fraction of sp³-hybridized carbons (Fsp3) is 0.600. The van der Waals surface area contributed by atoms with Gasteiger partial charge in [-0.05, 0) is 37.7 Å². The van der Waals surface area contributed by atoms with Crippen molar-refractivity contribution in [3.63, 3.8) is 0 Å². The molecular weight excluding hydrogens is 162 g/mol. The Kier molecular flexibility index (Phi) is 1.59. The van der Waals surface area contributed by atoms with E-state index in [-0.39, 0.29) is 0 Å². The minimum Gasteiger partial charge on any atom is -0.344 e. The van der Waals surface area contributed by atoms with Crippen LogP contribution in [-0.4, -0.2) is 11.5 Å². The molecule has 2 aliphatic rings. The molecule has 0 saturated carbocycles. The fourth-order valence-electron chi connectivity index (χ4n) is 2.47. The molecule has 0 fully saturated rings. The van der Waals surface area contributed by atoms with Gasteiger partial charge in [0.1, 0.15) is 5.82 Å². The normalized spacial score (nSPS) is 20.3. The molecule has 1 aliphatic heterocycles. The molecule has 0 radical (unpaired) electrons. The van der Waals surface area contributed by atoms with E-state index in [1.165, 1.54) is 49.2 Å². The third-order valence-electron chi connectivity index (χ3n) is 3.12. The zero-order valence-corrected chi connectivity index (χ0v) is 7.74. The first-order valence-corrected chi connectivity index (χ1v) is 5.16. The average molecular weight is 177 g/mol. The lowest BCUT2D eigenvalue weighted by molar-refractivity contribution is 0.670. The topological polar surface area (TPSA) is 39.9 Å². The maximum absolute atomic E-state index is 3.48. The number of aromatic nitrogens is 1. The van der Waals surface area contributed by atoms with Crippen molar-refractivity contribution < 1.29 is 0 Å². The van der Waals surface area contributed by atoms with Gasteiger partial charge in [0.2, 0.25) is 0 Å². The Bertz CT molecular complexity index is 297. The number of hydrogen-bond donors (Lipinski definition) is 3. The van der Waals surface area contributed by atoms with Crippen molar-refractivity contribution in [2.75, 3.05) is 12.0 Å². The highest BCUT2D eigenvalue weighted by atomic mass is 15.4. The van der Waals surface area contributed by atoms with E-state index in [0.29, 0.717) is 0 Å². The minimum atomic E-state index is 1.05. The Hall–Kier alpha value is -0.960.